The summed E-state index contributed by atoms with van der Waals surface area (Å²) >= 11 is 0. The van der Waals surface area contributed by atoms with E-state index in [1.165, 1.54) is 29.5 Å². The molecular weight excluding hydrogens is 184 g/mol. The van der Waals surface area contributed by atoms with E-state index in [2.05, 4.69) is 25.1 Å². The van der Waals surface area contributed by atoms with Crippen LogP contribution in [-0.2, 0) is 16.6 Å². The van der Waals surface area contributed by atoms with E-state index in [0.29, 0.717) is 12.2 Å². The van der Waals surface area contributed by atoms with Crippen molar-refractivity contribution in [3.63, 3.8) is 0 Å². The number of ketones is 1. The number of Topliss-reactive ketones (excluding diaryl/α,β-unsaturated/α-hetero) is 1. The average molecular weight is 200 g/mol. The van der Waals surface area contributed by atoms with Gasteiger partial charge in [0.15, 0.2) is 0 Å². The molecule has 2 aliphatic rings. The zero-order chi connectivity index (χ0) is 10.5. The molecule has 2 aliphatic carbocycles. The maximum Gasteiger partial charge on any atom is 0.147 e. The fourth-order valence-electron chi connectivity index (χ4n) is 3.35. The molecule has 0 unspecified atom stereocenters. The third kappa shape index (κ3) is 1.12. The molecule has 0 aliphatic heterocycles. The molecule has 1 nitrogen and oxygen atoms in total. The molecule has 0 amide bonds. The molecule has 1 saturated carbocycles. The van der Waals surface area contributed by atoms with E-state index in [1.54, 1.807) is 0 Å². The number of aryl methyl sites for hydroxylation is 1. The number of rotatable bonds is 0. The molecule has 78 valence electrons. The van der Waals surface area contributed by atoms with Crippen molar-refractivity contribution < 1.29 is 4.79 Å². The summed E-state index contributed by atoms with van der Waals surface area (Å²) in [5, 5.41) is 0. The third-order valence-electron chi connectivity index (χ3n) is 4.12. The minimum absolute atomic E-state index is 0.0664. The number of hydrogen-bond donors (Lipinski definition) is 0. The Labute approximate surface area is 90.5 Å². The molecular formula is C14H16O. The van der Waals surface area contributed by atoms with Crippen LogP contribution in [0.3, 0.4) is 0 Å². The monoisotopic (exact) mass is 200 g/mol. The Balaban J connectivity index is 2.17. The lowest BCUT2D eigenvalue weighted by Crippen LogP contribution is -2.28. The van der Waals surface area contributed by atoms with Crippen LogP contribution in [0.5, 0.6) is 0 Å². The Hall–Kier alpha value is -1.11. The lowest BCUT2D eigenvalue weighted by molar-refractivity contribution is -0.122. The van der Waals surface area contributed by atoms with Crippen molar-refractivity contribution in [2.75, 3.05) is 0 Å². The topological polar surface area (TPSA) is 17.1 Å². The van der Waals surface area contributed by atoms with Gasteiger partial charge in [-0.25, -0.2) is 0 Å². The first-order chi connectivity index (χ1) is 7.22. The van der Waals surface area contributed by atoms with Crippen molar-refractivity contribution in [1.29, 1.82) is 0 Å². The highest BCUT2D eigenvalue weighted by atomic mass is 16.1. The number of hydrogen-bond acceptors (Lipinski definition) is 1. The fourth-order valence-corrected chi connectivity index (χ4v) is 3.35. The molecule has 0 aromatic heterocycles. The Morgan fingerprint density at radius 1 is 1.20 bits per heavy atom. The SMILES string of the molecule is Cc1ccc2c(c1)CC(=O)C21CCCC1. The average Bonchev–Trinajstić information content (AvgIpc) is 2.76. The fraction of sp³-hybridized carbons (Fsp3) is 0.500. The Kier molecular flexibility index (Phi) is 1.79. The second-order valence-corrected chi connectivity index (χ2v) is 5.05. The Morgan fingerprint density at radius 2 is 1.93 bits per heavy atom. The molecule has 0 bridgehead atoms. The van der Waals surface area contributed by atoms with Crippen LogP contribution in [0.2, 0.25) is 0 Å². The van der Waals surface area contributed by atoms with E-state index in [1.807, 2.05) is 0 Å². The molecule has 1 spiro atoms. The van der Waals surface area contributed by atoms with Crippen molar-refractivity contribution in [1.82, 2.24) is 0 Å². The summed E-state index contributed by atoms with van der Waals surface area (Å²) < 4.78 is 0. The highest BCUT2D eigenvalue weighted by molar-refractivity contribution is 5.96. The zero-order valence-corrected chi connectivity index (χ0v) is 9.18. The smallest absolute Gasteiger partial charge is 0.147 e. The Bertz CT molecular complexity index is 425. The first-order valence-electron chi connectivity index (χ1n) is 5.86. The minimum atomic E-state index is -0.0664. The van der Waals surface area contributed by atoms with E-state index in [9.17, 15) is 4.79 Å². The van der Waals surface area contributed by atoms with Gasteiger partial charge in [-0.1, -0.05) is 36.6 Å². The molecule has 1 fully saturated rings. The van der Waals surface area contributed by atoms with Crippen LogP contribution in [0, 0.1) is 6.92 Å². The predicted molar refractivity (Wildman–Crippen MR) is 60.0 cm³/mol. The van der Waals surface area contributed by atoms with Crippen molar-refractivity contribution in [2.45, 2.75) is 44.4 Å². The largest absolute Gasteiger partial charge is 0.298 e. The first kappa shape index (κ1) is 9.14. The van der Waals surface area contributed by atoms with E-state index in [4.69, 9.17) is 0 Å². The quantitative estimate of drug-likeness (QED) is 0.629. The van der Waals surface area contributed by atoms with Crippen LogP contribution in [-0.4, -0.2) is 5.78 Å². The van der Waals surface area contributed by atoms with Crippen molar-refractivity contribution >= 4 is 5.78 Å². The summed E-state index contributed by atoms with van der Waals surface area (Å²) in [7, 11) is 0. The molecule has 0 heterocycles. The second-order valence-electron chi connectivity index (χ2n) is 5.05. The zero-order valence-electron chi connectivity index (χ0n) is 9.18. The summed E-state index contributed by atoms with van der Waals surface area (Å²) in [6.45, 7) is 2.10. The number of carbonyl (C=O) groups excluding carboxylic acids is 1. The van der Waals surface area contributed by atoms with Crippen molar-refractivity contribution in [3.05, 3.63) is 34.9 Å². The summed E-state index contributed by atoms with van der Waals surface area (Å²) in [6.07, 6.45) is 5.29. The maximum atomic E-state index is 12.2. The summed E-state index contributed by atoms with van der Waals surface area (Å²) in [6, 6.07) is 6.54. The highest BCUT2D eigenvalue weighted by Crippen LogP contribution is 2.47. The van der Waals surface area contributed by atoms with E-state index in [-0.39, 0.29) is 5.41 Å². The lowest BCUT2D eigenvalue weighted by atomic mass is 9.79. The van der Waals surface area contributed by atoms with Crippen LogP contribution < -0.4 is 0 Å². The maximum absolute atomic E-state index is 12.2. The van der Waals surface area contributed by atoms with Crippen LogP contribution in [0.25, 0.3) is 0 Å². The normalized spacial score (nSPS) is 22.3. The van der Waals surface area contributed by atoms with Gasteiger partial charge in [-0.05, 0) is 30.9 Å². The van der Waals surface area contributed by atoms with Crippen LogP contribution >= 0.6 is 0 Å². The van der Waals surface area contributed by atoms with Gasteiger partial charge in [0.25, 0.3) is 0 Å². The number of fused-ring (bicyclic) bond motifs is 2. The number of benzene rings is 1. The standard InChI is InChI=1S/C14H16O/c1-10-4-5-12-11(8-10)9-13(15)14(12)6-2-3-7-14/h4-5,8H,2-3,6-7,9H2,1H3. The molecule has 1 aromatic carbocycles. The third-order valence-corrected chi connectivity index (χ3v) is 4.12. The number of carbonyl (C=O) groups is 1. The molecule has 0 radical (unpaired) electrons. The summed E-state index contributed by atoms with van der Waals surface area (Å²) in [4.78, 5) is 12.2. The van der Waals surface area contributed by atoms with Crippen LogP contribution in [0.1, 0.15) is 42.4 Å². The predicted octanol–water partition coefficient (Wildman–Crippen LogP) is 2.93. The van der Waals surface area contributed by atoms with Gasteiger partial charge in [-0.3, -0.25) is 4.79 Å². The highest BCUT2D eigenvalue weighted by Gasteiger charge is 2.47. The molecule has 0 N–H and O–H groups in total. The minimum Gasteiger partial charge on any atom is -0.298 e. The molecule has 3 rings (SSSR count). The van der Waals surface area contributed by atoms with Gasteiger partial charge in [-0.2, -0.15) is 0 Å². The lowest BCUT2D eigenvalue weighted by Gasteiger charge is -2.22. The van der Waals surface area contributed by atoms with Crippen LogP contribution in [0.15, 0.2) is 18.2 Å². The molecule has 1 heteroatoms. The van der Waals surface area contributed by atoms with E-state index in [0.717, 1.165) is 12.8 Å². The molecule has 0 saturated heterocycles. The van der Waals surface area contributed by atoms with Gasteiger partial charge in [-0.15, -0.1) is 0 Å². The molecule has 1 aromatic rings. The van der Waals surface area contributed by atoms with Gasteiger partial charge >= 0.3 is 0 Å². The van der Waals surface area contributed by atoms with Gasteiger partial charge in [0, 0.05) is 6.42 Å². The van der Waals surface area contributed by atoms with Crippen LogP contribution in [0.4, 0.5) is 0 Å². The van der Waals surface area contributed by atoms with Gasteiger partial charge in [0.2, 0.25) is 0 Å². The first-order valence-corrected chi connectivity index (χ1v) is 5.86. The van der Waals surface area contributed by atoms with Gasteiger partial charge in [0.05, 0.1) is 5.41 Å². The summed E-state index contributed by atoms with van der Waals surface area (Å²) in [5.41, 5.74) is 3.84. The van der Waals surface area contributed by atoms with Gasteiger partial charge < -0.3 is 0 Å². The Morgan fingerprint density at radius 3 is 2.67 bits per heavy atom. The van der Waals surface area contributed by atoms with Crippen molar-refractivity contribution in [2.24, 2.45) is 0 Å². The molecule has 15 heavy (non-hydrogen) atoms. The van der Waals surface area contributed by atoms with E-state index < -0.39 is 0 Å². The van der Waals surface area contributed by atoms with Gasteiger partial charge in [0.1, 0.15) is 5.78 Å². The van der Waals surface area contributed by atoms with Crippen molar-refractivity contribution in [3.8, 4) is 0 Å². The second kappa shape index (κ2) is 2.94. The summed E-state index contributed by atoms with van der Waals surface area (Å²) in [5.74, 6) is 0.473. The molecule has 0 atom stereocenters. The van der Waals surface area contributed by atoms with E-state index >= 15 is 0 Å².